The van der Waals surface area contributed by atoms with Gasteiger partial charge in [0.1, 0.15) is 12.6 Å². The van der Waals surface area contributed by atoms with Gasteiger partial charge in [-0.1, -0.05) is 66.2 Å². The largest absolute Gasteiger partial charge is 0.357 e. The minimum atomic E-state index is -3.82. The van der Waals surface area contributed by atoms with Crippen LogP contribution in [-0.2, 0) is 32.6 Å². The van der Waals surface area contributed by atoms with E-state index in [4.69, 9.17) is 11.6 Å². The molecule has 2 amide bonds. The molecule has 0 aliphatic heterocycles. The molecule has 0 saturated heterocycles. The summed E-state index contributed by atoms with van der Waals surface area (Å²) in [6.07, 6.45) is 1.29. The van der Waals surface area contributed by atoms with Gasteiger partial charge in [-0.3, -0.25) is 13.9 Å². The van der Waals surface area contributed by atoms with E-state index in [1.54, 1.807) is 48.5 Å². The lowest BCUT2D eigenvalue weighted by Crippen LogP contribution is -2.52. The number of rotatable bonds is 10. The first-order valence-corrected chi connectivity index (χ1v) is 14.1. The normalized spacial score (nSPS) is 12.0. The second-order valence-electron chi connectivity index (χ2n) is 8.19. The summed E-state index contributed by atoms with van der Waals surface area (Å²) < 4.78 is 27.0. The molecule has 3 aromatic rings. The zero-order chi connectivity index (χ0) is 26.3. The van der Waals surface area contributed by atoms with Crippen molar-refractivity contribution in [3.8, 4) is 0 Å². The number of benzene rings is 3. The molecule has 0 unspecified atom stereocenters. The molecule has 3 rings (SSSR count). The quantitative estimate of drug-likeness (QED) is 0.381. The number of hydrogen-bond donors (Lipinski definition) is 1. The van der Waals surface area contributed by atoms with Gasteiger partial charge in [-0.2, -0.15) is 0 Å². The summed E-state index contributed by atoms with van der Waals surface area (Å²) in [5, 5.41) is 3.14. The first kappa shape index (κ1) is 27.7. The molecule has 7 nitrogen and oxygen atoms in total. The van der Waals surface area contributed by atoms with Crippen LogP contribution in [-0.4, -0.2) is 51.0 Å². The van der Waals surface area contributed by atoms with Crippen LogP contribution in [0.4, 0.5) is 5.69 Å². The smallest absolute Gasteiger partial charge is 0.244 e. The minimum Gasteiger partial charge on any atom is -0.357 e. The molecule has 0 saturated carbocycles. The van der Waals surface area contributed by atoms with Crippen LogP contribution in [0.25, 0.3) is 0 Å². The summed E-state index contributed by atoms with van der Waals surface area (Å²) in [5.74, 6) is -0.887. The first-order chi connectivity index (χ1) is 17.1. The average Bonchev–Trinajstić information content (AvgIpc) is 2.84. The Morgan fingerprint density at radius 1 is 0.972 bits per heavy atom. The summed E-state index contributed by atoms with van der Waals surface area (Å²) in [7, 11) is -2.32. The molecule has 1 N–H and O–H groups in total. The Morgan fingerprint density at radius 2 is 1.61 bits per heavy atom. The van der Waals surface area contributed by atoms with Crippen LogP contribution in [0.1, 0.15) is 11.1 Å². The monoisotopic (exact) mass is 591 g/mol. The second kappa shape index (κ2) is 12.4. The maximum Gasteiger partial charge on any atom is 0.244 e. The molecule has 3 aromatic carbocycles. The van der Waals surface area contributed by atoms with E-state index in [-0.39, 0.29) is 18.9 Å². The SMILES string of the molecule is CNC(=O)[C@@H](Cc1ccccc1)N(Cc1cccc(Cl)c1)C(=O)CN(c1ccccc1Br)S(C)(=O)=O. The Bertz CT molecular complexity index is 1320. The third-order valence-corrected chi connectivity index (χ3v) is 7.59. The van der Waals surface area contributed by atoms with Crippen molar-refractivity contribution in [1.82, 2.24) is 10.2 Å². The van der Waals surface area contributed by atoms with Gasteiger partial charge in [0.15, 0.2) is 0 Å². The lowest BCUT2D eigenvalue weighted by molar-refractivity contribution is -0.139. The first-order valence-electron chi connectivity index (χ1n) is 11.1. The number of amides is 2. The van der Waals surface area contributed by atoms with Crippen LogP contribution in [0.15, 0.2) is 83.3 Å². The number of sulfonamides is 1. The number of nitrogens with zero attached hydrogens (tertiary/aromatic N) is 2. The van der Waals surface area contributed by atoms with E-state index in [2.05, 4.69) is 21.2 Å². The molecule has 0 aliphatic rings. The number of nitrogens with one attached hydrogen (secondary N) is 1. The zero-order valence-corrected chi connectivity index (χ0v) is 23.1. The Hall–Kier alpha value is -2.88. The van der Waals surface area contributed by atoms with Crippen LogP contribution in [0, 0.1) is 0 Å². The third kappa shape index (κ3) is 7.32. The van der Waals surface area contributed by atoms with Gasteiger partial charge in [-0.15, -0.1) is 0 Å². The fraction of sp³-hybridized carbons (Fsp3) is 0.231. The number of halogens is 2. The number of carbonyl (C=O) groups is 2. The molecule has 0 bridgehead atoms. The van der Waals surface area contributed by atoms with E-state index >= 15 is 0 Å². The standard InChI is InChI=1S/C26H27BrClN3O4S/c1-29-26(33)24(16-19-9-4-3-5-10-19)30(17-20-11-8-12-21(28)15-20)25(32)18-31(36(2,34)35)23-14-7-6-13-22(23)27/h3-15,24H,16-18H2,1-2H3,(H,29,33)/t24-/m1/s1. The predicted molar refractivity (Wildman–Crippen MR) is 146 cm³/mol. The number of hydrogen-bond acceptors (Lipinski definition) is 4. The lowest BCUT2D eigenvalue weighted by atomic mass is 10.0. The van der Waals surface area contributed by atoms with Gasteiger partial charge >= 0.3 is 0 Å². The summed E-state index contributed by atoms with van der Waals surface area (Å²) in [5.41, 5.74) is 1.90. The molecule has 0 radical (unpaired) electrons. The van der Waals surface area contributed by atoms with Crippen molar-refractivity contribution in [1.29, 1.82) is 0 Å². The Labute approximate surface area is 225 Å². The van der Waals surface area contributed by atoms with E-state index in [9.17, 15) is 18.0 Å². The van der Waals surface area contributed by atoms with Crippen molar-refractivity contribution in [3.63, 3.8) is 0 Å². The second-order valence-corrected chi connectivity index (χ2v) is 11.4. The topological polar surface area (TPSA) is 86.8 Å². The highest BCUT2D eigenvalue weighted by molar-refractivity contribution is 9.10. The molecule has 0 aliphatic carbocycles. The number of para-hydroxylation sites is 1. The Morgan fingerprint density at radius 3 is 2.22 bits per heavy atom. The van der Waals surface area contributed by atoms with E-state index in [0.29, 0.717) is 20.7 Å². The summed E-state index contributed by atoms with van der Waals surface area (Å²) in [6.45, 7) is -0.415. The number of anilines is 1. The van der Waals surface area contributed by atoms with Gasteiger partial charge in [0.05, 0.1) is 11.9 Å². The predicted octanol–water partition coefficient (Wildman–Crippen LogP) is 4.25. The fourth-order valence-electron chi connectivity index (χ4n) is 3.80. The van der Waals surface area contributed by atoms with E-state index in [0.717, 1.165) is 16.1 Å². The van der Waals surface area contributed by atoms with Crippen molar-refractivity contribution in [2.24, 2.45) is 0 Å². The molecule has 36 heavy (non-hydrogen) atoms. The maximum atomic E-state index is 13.8. The average molecular weight is 593 g/mol. The van der Waals surface area contributed by atoms with Crippen molar-refractivity contribution < 1.29 is 18.0 Å². The number of carbonyl (C=O) groups excluding carboxylic acids is 2. The molecule has 10 heteroatoms. The molecule has 0 heterocycles. The highest BCUT2D eigenvalue weighted by Gasteiger charge is 2.33. The van der Waals surface area contributed by atoms with Gasteiger partial charge in [0, 0.05) is 29.5 Å². The van der Waals surface area contributed by atoms with Gasteiger partial charge < -0.3 is 10.2 Å². The van der Waals surface area contributed by atoms with Crippen LogP contribution >= 0.6 is 27.5 Å². The van der Waals surface area contributed by atoms with E-state index in [1.165, 1.54) is 11.9 Å². The lowest BCUT2D eigenvalue weighted by Gasteiger charge is -2.33. The highest BCUT2D eigenvalue weighted by atomic mass is 79.9. The maximum absolute atomic E-state index is 13.8. The van der Waals surface area contributed by atoms with Crippen LogP contribution < -0.4 is 9.62 Å². The van der Waals surface area contributed by atoms with Crippen LogP contribution in [0.2, 0.25) is 5.02 Å². The summed E-state index contributed by atoms with van der Waals surface area (Å²) in [6, 6.07) is 22.2. The summed E-state index contributed by atoms with van der Waals surface area (Å²) in [4.78, 5) is 28.3. The Balaban J connectivity index is 2.04. The van der Waals surface area contributed by atoms with Crippen molar-refractivity contribution in [3.05, 3.63) is 99.5 Å². The van der Waals surface area contributed by atoms with Gasteiger partial charge in [0.25, 0.3) is 0 Å². The van der Waals surface area contributed by atoms with Gasteiger partial charge in [-0.25, -0.2) is 8.42 Å². The zero-order valence-electron chi connectivity index (χ0n) is 19.9. The van der Waals surface area contributed by atoms with Crippen molar-refractivity contribution >= 4 is 55.1 Å². The molecule has 1 atom stereocenters. The minimum absolute atomic E-state index is 0.0673. The molecule has 0 fully saturated rings. The van der Waals surface area contributed by atoms with Gasteiger partial charge in [0.2, 0.25) is 21.8 Å². The van der Waals surface area contributed by atoms with E-state index in [1.807, 2.05) is 30.3 Å². The fourth-order valence-corrected chi connectivity index (χ4v) is 5.49. The molecule has 190 valence electrons. The molecular weight excluding hydrogens is 566 g/mol. The van der Waals surface area contributed by atoms with E-state index < -0.39 is 28.5 Å². The molecular formula is C26H27BrClN3O4S. The highest BCUT2D eigenvalue weighted by Crippen LogP contribution is 2.28. The third-order valence-electron chi connectivity index (χ3n) is 5.56. The van der Waals surface area contributed by atoms with Crippen molar-refractivity contribution in [2.75, 3.05) is 24.2 Å². The molecule has 0 spiro atoms. The number of likely N-dealkylation sites (N-methyl/N-ethyl adjacent to an activating group) is 1. The van der Waals surface area contributed by atoms with Crippen LogP contribution in [0.3, 0.4) is 0 Å². The van der Waals surface area contributed by atoms with Crippen molar-refractivity contribution in [2.45, 2.75) is 19.0 Å². The summed E-state index contributed by atoms with van der Waals surface area (Å²) >= 11 is 9.55. The van der Waals surface area contributed by atoms with Crippen LogP contribution in [0.5, 0.6) is 0 Å². The molecule has 0 aromatic heterocycles. The Kier molecular flexibility index (Phi) is 9.53. The van der Waals surface area contributed by atoms with Gasteiger partial charge in [-0.05, 0) is 51.3 Å².